The number of likely N-dealkylation sites (N-methyl/N-ethyl adjacent to an activating group) is 1. The average molecular weight is 262 g/mol. The lowest BCUT2D eigenvalue weighted by atomic mass is 9.85. The monoisotopic (exact) mass is 262 g/mol. The molecular weight excluding hydrogens is 232 g/mol. The Balaban J connectivity index is 2.60. The molecule has 0 aliphatic carbocycles. The molecule has 1 aromatic carbocycles. The Kier molecular flexibility index (Phi) is 6.53. The van der Waals surface area contributed by atoms with E-state index < -0.39 is 0 Å². The van der Waals surface area contributed by atoms with Crippen LogP contribution in [0.2, 0.25) is 0 Å². The van der Waals surface area contributed by atoms with Crippen molar-refractivity contribution in [1.29, 1.82) is 0 Å². The van der Waals surface area contributed by atoms with Crippen molar-refractivity contribution in [3.63, 3.8) is 0 Å². The molecule has 1 rings (SSSR count). The summed E-state index contributed by atoms with van der Waals surface area (Å²) in [6.07, 6.45) is 1.16. The van der Waals surface area contributed by atoms with Gasteiger partial charge in [-0.3, -0.25) is 0 Å². The minimum Gasteiger partial charge on any atom is -0.309 e. The standard InChI is InChI=1S/C17H30N2/c1-6-19(5)13-12-18-16(14-17(2,3)4)15-10-8-7-9-11-15/h7-11,16,18H,6,12-14H2,1-5H3. The molecule has 2 heteroatoms. The highest BCUT2D eigenvalue weighted by atomic mass is 15.1. The summed E-state index contributed by atoms with van der Waals surface area (Å²) in [6, 6.07) is 11.3. The minimum absolute atomic E-state index is 0.337. The van der Waals surface area contributed by atoms with Gasteiger partial charge in [-0.15, -0.1) is 0 Å². The van der Waals surface area contributed by atoms with E-state index in [1.54, 1.807) is 0 Å². The number of benzene rings is 1. The van der Waals surface area contributed by atoms with E-state index in [1.165, 1.54) is 5.56 Å². The molecule has 1 aromatic rings. The van der Waals surface area contributed by atoms with Gasteiger partial charge in [0.2, 0.25) is 0 Å². The molecule has 0 aliphatic heterocycles. The van der Waals surface area contributed by atoms with Crippen molar-refractivity contribution < 1.29 is 0 Å². The van der Waals surface area contributed by atoms with Crippen LogP contribution in [-0.2, 0) is 0 Å². The molecule has 0 saturated carbocycles. The second-order valence-electron chi connectivity index (χ2n) is 6.58. The average Bonchev–Trinajstić information content (AvgIpc) is 2.37. The van der Waals surface area contributed by atoms with Crippen LogP contribution < -0.4 is 5.32 Å². The SMILES string of the molecule is CCN(C)CCNC(CC(C)(C)C)c1ccccc1. The topological polar surface area (TPSA) is 15.3 Å². The van der Waals surface area contributed by atoms with Crippen LogP contribution in [0.3, 0.4) is 0 Å². The van der Waals surface area contributed by atoms with Crippen LogP contribution in [0.5, 0.6) is 0 Å². The van der Waals surface area contributed by atoms with E-state index in [0.717, 1.165) is 26.1 Å². The molecular formula is C17H30N2. The Labute approximate surface area is 119 Å². The summed E-state index contributed by atoms with van der Waals surface area (Å²) in [4.78, 5) is 2.34. The molecule has 0 heterocycles. The van der Waals surface area contributed by atoms with Crippen molar-refractivity contribution in [2.45, 2.75) is 40.2 Å². The van der Waals surface area contributed by atoms with Gasteiger partial charge in [0.25, 0.3) is 0 Å². The maximum atomic E-state index is 3.72. The fourth-order valence-corrected chi connectivity index (χ4v) is 2.19. The summed E-state index contributed by atoms with van der Waals surface area (Å²) in [5.41, 5.74) is 1.74. The maximum Gasteiger partial charge on any atom is 0.0325 e. The van der Waals surface area contributed by atoms with E-state index in [4.69, 9.17) is 0 Å². The van der Waals surface area contributed by atoms with Crippen LogP contribution in [0.25, 0.3) is 0 Å². The van der Waals surface area contributed by atoms with Crippen LogP contribution in [0.15, 0.2) is 30.3 Å². The van der Waals surface area contributed by atoms with Gasteiger partial charge in [0.05, 0.1) is 0 Å². The Morgan fingerprint density at radius 3 is 2.32 bits per heavy atom. The zero-order valence-electron chi connectivity index (χ0n) is 13.2. The molecule has 1 unspecified atom stereocenters. The third kappa shape index (κ3) is 6.74. The van der Waals surface area contributed by atoms with Crippen LogP contribution >= 0.6 is 0 Å². The summed E-state index contributed by atoms with van der Waals surface area (Å²) in [6.45, 7) is 12.4. The van der Waals surface area contributed by atoms with Crippen LogP contribution in [-0.4, -0.2) is 31.6 Å². The Bertz CT molecular complexity index is 340. The molecule has 0 bridgehead atoms. The fraction of sp³-hybridized carbons (Fsp3) is 0.647. The first-order chi connectivity index (χ1) is 8.92. The third-order valence-electron chi connectivity index (χ3n) is 3.44. The number of nitrogens with zero attached hydrogens (tertiary/aromatic N) is 1. The Morgan fingerprint density at radius 2 is 1.79 bits per heavy atom. The highest BCUT2D eigenvalue weighted by molar-refractivity contribution is 5.19. The summed E-state index contributed by atoms with van der Waals surface area (Å²) in [5.74, 6) is 0. The second kappa shape index (κ2) is 7.66. The van der Waals surface area contributed by atoms with E-state index in [9.17, 15) is 0 Å². The lowest BCUT2D eigenvalue weighted by Gasteiger charge is -2.28. The highest BCUT2D eigenvalue weighted by Crippen LogP contribution is 2.29. The first-order valence-corrected chi connectivity index (χ1v) is 7.39. The smallest absolute Gasteiger partial charge is 0.0325 e. The van der Waals surface area contributed by atoms with E-state index in [0.29, 0.717) is 11.5 Å². The summed E-state index contributed by atoms with van der Waals surface area (Å²) in [7, 11) is 2.17. The summed E-state index contributed by atoms with van der Waals surface area (Å²) < 4.78 is 0. The van der Waals surface area contributed by atoms with Gasteiger partial charge in [-0.1, -0.05) is 58.0 Å². The fourth-order valence-electron chi connectivity index (χ4n) is 2.19. The van der Waals surface area contributed by atoms with E-state index in [-0.39, 0.29) is 0 Å². The van der Waals surface area contributed by atoms with Crippen molar-refractivity contribution in [2.24, 2.45) is 5.41 Å². The first-order valence-electron chi connectivity index (χ1n) is 7.39. The van der Waals surface area contributed by atoms with E-state index in [1.807, 2.05) is 0 Å². The van der Waals surface area contributed by atoms with Crippen molar-refractivity contribution in [2.75, 3.05) is 26.7 Å². The zero-order chi connectivity index (χ0) is 14.3. The van der Waals surface area contributed by atoms with Gasteiger partial charge in [0.15, 0.2) is 0 Å². The number of hydrogen-bond donors (Lipinski definition) is 1. The normalized spacial score (nSPS) is 13.8. The quantitative estimate of drug-likeness (QED) is 0.806. The molecule has 1 N–H and O–H groups in total. The molecule has 0 aliphatic rings. The number of hydrogen-bond acceptors (Lipinski definition) is 2. The summed E-state index contributed by atoms with van der Waals surface area (Å²) >= 11 is 0. The number of nitrogens with one attached hydrogen (secondary N) is 1. The van der Waals surface area contributed by atoms with Crippen molar-refractivity contribution >= 4 is 0 Å². The van der Waals surface area contributed by atoms with Crippen LogP contribution in [0.1, 0.15) is 45.7 Å². The van der Waals surface area contributed by atoms with Gasteiger partial charge in [-0.25, -0.2) is 0 Å². The lowest BCUT2D eigenvalue weighted by molar-refractivity contribution is 0.291. The van der Waals surface area contributed by atoms with Gasteiger partial charge in [0, 0.05) is 19.1 Å². The van der Waals surface area contributed by atoms with E-state index >= 15 is 0 Å². The van der Waals surface area contributed by atoms with Gasteiger partial charge >= 0.3 is 0 Å². The third-order valence-corrected chi connectivity index (χ3v) is 3.44. The lowest BCUT2D eigenvalue weighted by Crippen LogP contribution is -2.33. The summed E-state index contributed by atoms with van der Waals surface area (Å²) in [5, 5.41) is 3.72. The van der Waals surface area contributed by atoms with Gasteiger partial charge in [0.1, 0.15) is 0 Å². The van der Waals surface area contributed by atoms with Crippen LogP contribution in [0.4, 0.5) is 0 Å². The maximum absolute atomic E-state index is 3.72. The van der Waals surface area contributed by atoms with E-state index in [2.05, 4.69) is 75.3 Å². The molecule has 0 saturated heterocycles. The second-order valence-corrected chi connectivity index (χ2v) is 6.58. The highest BCUT2D eigenvalue weighted by Gasteiger charge is 2.19. The molecule has 0 fully saturated rings. The molecule has 19 heavy (non-hydrogen) atoms. The predicted octanol–water partition coefficient (Wildman–Crippen LogP) is 3.71. The van der Waals surface area contributed by atoms with Gasteiger partial charge < -0.3 is 10.2 Å². The molecule has 1 atom stereocenters. The largest absolute Gasteiger partial charge is 0.309 e. The Morgan fingerprint density at radius 1 is 1.16 bits per heavy atom. The molecule has 2 nitrogen and oxygen atoms in total. The molecule has 0 amide bonds. The molecule has 108 valence electrons. The van der Waals surface area contributed by atoms with Crippen molar-refractivity contribution in [1.82, 2.24) is 10.2 Å². The molecule has 0 spiro atoms. The first kappa shape index (κ1) is 16.2. The number of rotatable bonds is 7. The van der Waals surface area contributed by atoms with Crippen molar-refractivity contribution in [3.05, 3.63) is 35.9 Å². The minimum atomic E-state index is 0.337. The molecule has 0 aromatic heterocycles. The van der Waals surface area contributed by atoms with Gasteiger partial charge in [-0.05, 0) is 31.0 Å². The van der Waals surface area contributed by atoms with Crippen molar-refractivity contribution in [3.8, 4) is 0 Å². The predicted molar refractivity (Wildman–Crippen MR) is 84.4 cm³/mol. The van der Waals surface area contributed by atoms with Gasteiger partial charge in [-0.2, -0.15) is 0 Å². The Hall–Kier alpha value is -0.860. The zero-order valence-corrected chi connectivity index (χ0v) is 13.2. The van der Waals surface area contributed by atoms with Crippen LogP contribution in [0, 0.1) is 5.41 Å². The molecule has 0 radical (unpaired) electrons.